The van der Waals surface area contributed by atoms with Crippen LogP contribution in [0.1, 0.15) is 35.3 Å². The Morgan fingerprint density at radius 3 is 2.25 bits per heavy atom. The molecule has 1 amide bonds. The van der Waals surface area contributed by atoms with Crippen molar-refractivity contribution in [2.75, 3.05) is 18.4 Å². The molecule has 0 spiro atoms. The summed E-state index contributed by atoms with van der Waals surface area (Å²) >= 11 is 0. The molecule has 152 valence electrons. The average Bonchev–Trinajstić information content (AvgIpc) is 2.63. The van der Waals surface area contributed by atoms with Crippen LogP contribution in [0.2, 0.25) is 0 Å². The smallest absolute Gasteiger partial charge is 0.322 e. The van der Waals surface area contributed by atoms with Crippen LogP contribution in [-0.2, 0) is 16.2 Å². The summed E-state index contributed by atoms with van der Waals surface area (Å²) in [6.07, 6.45) is -4.68. The van der Waals surface area contributed by atoms with E-state index in [1.54, 1.807) is 20.8 Å². The summed E-state index contributed by atoms with van der Waals surface area (Å²) in [6, 6.07) is 8.59. The number of rotatable bonds is 6. The minimum absolute atomic E-state index is 0.0405. The first-order valence-corrected chi connectivity index (χ1v) is 10.0. The molecular weight excluding hydrogens is 393 g/mol. The predicted molar refractivity (Wildman–Crippen MR) is 101 cm³/mol. The quantitative estimate of drug-likeness (QED) is 0.767. The van der Waals surface area contributed by atoms with Crippen molar-refractivity contribution in [3.8, 4) is 0 Å². The number of aryl methyl sites for hydroxylation is 1. The number of benzene rings is 2. The van der Waals surface area contributed by atoms with E-state index in [-0.39, 0.29) is 23.7 Å². The molecule has 0 radical (unpaired) electrons. The summed E-state index contributed by atoms with van der Waals surface area (Å²) in [5.41, 5.74) is -0.935. The molecule has 2 aromatic rings. The van der Waals surface area contributed by atoms with Gasteiger partial charge >= 0.3 is 6.18 Å². The molecule has 0 aliphatic heterocycles. The van der Waals surface area contributed by atoms with Crippen molar-refractivity contribution < 1.29 is 26.4 Å². The van der Waals surface area contributed by atoms with Gasteiger partial charge in [0.15, 0.2) is 0 Å². The van der Waals surface area contributed by atoms with E-state index >= 15 is 0 Å². The van der Waals surface area contributed by atoms with Crippen molar-refractivity contribution in [1.82, 2.24) is 4.31 Å². The van der Waals surface area contributed by atoms with Gasteiger partial charge in [0, 0.05) is 18.8 Å². The van der Waals surface area contributed by atoms with Gasteiger partial charge in [0.05, 0.1) is 16.0 Å². The summed E-state index contributed by atoms with van der Waals surface area (Å²) in [4.78, 5) is 12.4. The van der Waals surface area contributed by atoms with Crippen LogP contribution in [0.15, 0.2) is 47.4 Å². The van der Waals surface area contributed by atoms with Gasteiger partial charge in [-0.1, -0.05) is 32.0 Å². The first-order valence-electron chi connectivity index (χ1n) is 8.60. The highest BCUT2D eigenvalue weighted by Gasteiger charge is 2.35. The van der Waals surface area contributed by atoms with Crippen molar-refractivity contribution in [2.24, 2.45) is 0 Å². The lowest BCUT2D eigenvalue weighted by Gasteiger charge is -2.19. The van der Waals surface area contributed by atoms with Crippen LogP contribution in [0.5, 0.6) is 0 Å². The Balaban J connectivity index is 2.42. The zero-order valence-corrected chi connectivity index (χ0v) is 16.5. The number of hydrogen-bond acceptors (Lipinski definition) is 3. The molecule has 0 fully saturated rings. The molecule has 1 N–H and O–H groups in total. The maximum atomic E-state index is 13.1. The number of nitrogens with one attached hydrogen (secondary N) is 1. The number of carbonyl (C=O) groups is 1. The lowest BCUT2D eigenvalue weighted by molar-refractivity contribution is -0.137. The van der Waals surface area contributed by atoms with E-state index in [0.29, 0.717) is 5.56 Å². The van der Waals surface area contributed by atoms with Crippen LogP contribution in [-0.4, -0.2) is 31.7 Å². The zero-order chi connectivity index (χ0) is 21.1. The van der Waals surface area contributed by atoms with Gasteiger partial charge in [0.2, 0.25) is 10.0 Å². The van der Waals surface area contributed by atoms with Gasteiger partial charge in [-0.25, -0.2) is 8.42 Å². The third-order valence-corrected chi connectivity index (χ3v) is 6.32. The average molecular weight is 414 g/mol. The van der Waals surface area contributed by atoms with Crippen LogP contribution < -0.4 is 5.32 Å². The van der Waals surface area contributed by atoms with E-state index in [2.05, 4.69) is 5.32 Å². The normalized spacial score (nSPS) is 12.2. The maximum absolute atomic E-state index is 13.1. The number of carbonyl (C=O) groups excluding carboxylic acids is 1. The highest BCUT2D eigenvalue weighted by atomic mass is 32.2. The van der Waals surface area contributed by atoms with Gasteiger partial charge in [-0.15, -0.1) is 0 Å². The van der Waals surface area contributed by atoms with Gasteiger partial charge in [0.1, 0.15) is 0 Å². The molecule has 0 aliphatic rings. The second-order valence-electron chi connectivity index (χ2n) is 6.06. The number of hydrogen-bond donors (Lipinski definition) is 1. The fourth-order valence-electron chi connectivity index (χ4n) is 2.73. The van der Waals surface area contributed by atoms with Crippen molar-refractivity contribution in [3.05, 3.63) is 59.2 Å². The molecule has 0 saturated carbocycles. The summed E-state index contributed by atoms with van der Waals surface area (Å²) in [7, 11) is -3.77. The third kappa shape index (κ3) is 4.53. The van der Waals surface area contributed by atoms with E-state index < -0.39 is 33.2 Å². The zero-order valence-electron chi connectivity index (χ0n) is 15.7. The Labute approximate surface area is 162 Å². The Morgan fingerprint density at radius 1 is 1.07 bits per heavy atom. The number of halogens is 3. The molecule has 0 heterocycles. The molecular formula is C19H21F3N2O3S. The van der Waals surface area contributed by atoms with Crippen molar-refractivity contribution in [3.63, 3.8) is 0 Å². The second-order valence-corrected chi connectivity index (χ2v) is 8.00. The molecule has 5 nitrogen and oxygen atoms in total. The van der Waals surface area contributed by atoms with E-state index in [1.165, 1.54) is 34.6 Å². The SMILES string of the molecule is CCN(CC)S(=O)(=O)c1ccc(C)c(NC(=O)c2ccccc2C(F)(F)F)c1. The highest BCUT2D eigenvalue weighted by Crippen LogP contribution is 2.32. The fraction of sp³-hybridized carbons (Fsp3) is 0.316. The second kappa shape index (κ2) is 8.32. The first kappa shape index (κ1) is 21.9. The molecule has 0 aromatic heterocycles. The molecule has 28 heavy (non-hydrogen) atoms. The van der Waals surface area contributed by atoms with Gasteiger partial charge in [0.25, 0.3) is 5.91 Å². The van der Waals surface area contributed by atoms with Crippen LogP contribution >= 0.6 is 0 Å². The molecule has 0 unspecified atom stereocenters. The molecule has 2 rings (SSSR count). The number of anilines is 1. The minimum atomic E-state index is -4.68. The topological polar surface area (TPSA) is 66.5 Å². The summed E-state index contributed by atoms with van der Waals surface area (Å²) in [6.45, 7) is 5.57. The van der Waals surface area contributed by atoms with Crippen molar-refractivity contribution in [2.45, 2.75) is 31.8 Å². The Bertz CT molecular complexity index is 969. The molecule has 2 aromatic carbocycles. The lowest BCUT2D eigenvalue weighted by atomic mass is 10.1. The standard InChI is InChI=1S/C19H21F3N2O3S/c1-4-24(5-2)28(26,27)14-11-10-13(3)17(12-14)23-18(25)15-8-6-7-9-16(15)19(20,21)22/h6-12H,4-5H2,1-3H3,(H,23,25). The predicted octanol–water partition coefficient (Wildman–Crippen LogP) is 4.30. The number of alkyl halides is 3. The van der Waals surface area contributed by atoms with Crippen molar-refractivity contribution in [1.29, 1.82) is 0 Å². The van der Waals surface area contributed by atoms with Crippen LogP contribution in [0, 0.1) is 6.92 Å². The summed E-state index contributed by atoms with van der Waals surface area (Å²) in [5, 5.41) is 2.40. The lowest BCUT2D eigenvalue weighted by Crippen LogP contribution is -2.30. The number of sulfonamides is 1. The van der Waals surface area contributed by atoms with Gasteiger partial charge < -0.3 is 5.32 Å². The molecule has 0 aliphatic carbocycles. The Kier molecular flexibility index (Phi) is 6.51. The molecule has 9 heteroatoms. The monoisotopic (exact) mass is 414 g/mol. The largest absolute Gasteiger partial charge is 0.417 e. The van der Waals surface area contributed by atoms with Gasteiger partial charge in [-0.3, -0.25) is 4.79 Å². The summed E-state index contributed by atoms with van der Waals surface area (Å²) < 4.78 is 66.0. The Morgan fingerprint density at radius 2 is 1.68 bits per heavy atom. The number of nitrogens with zero attached hydrogens (tertiary/aromatic N) is 1. The van der Waals surface area contributed by atoms with E-state index in [0.717, 1.165) is 12.1 Å². The molecule has 0 bridgehead atoms. The maximum Gasteiger partial charge on any atom is 0.417 e. The molecule has 0 atom stereocenters. The van der Waals surface area contributed by atoms with Gasteiger partial charge in [-0.05, 0) is 36.8 Å². The fourth-order valence-corrected chi connectivity index (χ4v) is 4.21. The first-order chi connectivity index (χ1) is 13.0. The third-order valence-electron chi connectivity index (χ3n) is 4.28. The van der Waals surface area contributed by atoms with Crippen LogP contribution in [0.25, 0.3) is 0 Å². The Hall–Kier alpha value is -2.39. The van der Waals surface area contributed by atoms with Crippen LogP contribution in [0.4, 0.5) is 18.9 Å². The summed E-state index contributed by atoms with van der Waals surface area (Å²) in [5.74, 6) is -0.964. The minimum Gasteiger partial charge on any atom is -0.322 e. The van der Waals surface area contributed by atoms with Crippen LogP contribution in [0.3, 0.4) is 0 Å². The van der Waals surface area contributed by atoms with Crippen molar-refractivity contribution >= 4 is 21.6 Å². The van der Waals surface area contributed by atoms with Gasteiger partial charge in [-0.2, -0.15) is 17.5 Å². The highest BCUT2D eigenvalue weighted by molar-refractivity contribution is 7.89. The van der Waals surface area contributed by atoms with E-state index in [4.69, 9.17) is 0 Å². The molecule has 0 saturated heterocycles. The van der Waals surface area contributed by atoms with E-state index in [1.807, 2.05) is 0 Å². The number of amides is 1. The van der Waals surface area contributed by atoms with E-state index in [9.17, 15) is 26.4 Å².